The van der Waals surface area contributed by atoms with Gasteiger partial charge < -0.3 is 5.32 Å². The Kier molecular flexibility index (Phi) is 4.07. The zero-order valence-electron chi connectivity index (χ0n) is 12.2. The first-order valence-corrected chi connectivity index (χ1v) is 6.99. The fraction of sp³-hybridized carbons (Fsp3) is 0.786. The number of nitrogens with zero attached hydrogens (tertiary/aromatic N) is 3. The van der Waals surface area contributed by atoms with Gasteiger partial charge in [0.05, 0.1) is 11.4 Å². The van der Waals surface area contributed by atoms with Gasteiger partial charge in [0.15, 0.2) is 0 Å². The third-order valence-corrected chi connectivity index (χ3v) is 4.04. The lowest BCUT2D eigenvalue weighted by molar-refractivity contribution is 0.204. The number of hydrogen-bond acceptors (Lipinski definition) is 3. The summed E-state index contributed by atoms with van der Waals surface area (Å²) >= 11 is 0. The molecule has 1 aliphatic rings. The van der Waals surface area contributed by atoms with Crippen molar-refractivity contribution in [3.63, 3.8) is 0 Å². The molecular formula is C14H26N4. The Morgan fingerprint density at radius 1 is 1.50 bits per heavy atom. The molecule has 1 aliphatic heterocycles. The fourth-order valence-electron chi connectivity index (χ4n) is 2.73. The van der Waals surface area contributed by atoms with Crippen molar-refractivity contribution in [3.05, 3.63) is 17.5 Å². The average Bonchev–Trinajstić information content (AvgIpc) is 2.52. The van der Waals surface area contributed by atoms with E-state index in [1.807, 2.05) is 11.7 Å². The minimum Gasteiger partial charge on any atom is -0.310 e. The predicted octanol–water partition coefficient (Wildman–Crippen LogP) is 1.69. The van der Waals surface area contributed by atoms with Crippen LogP contribution >= 0.6 is 0 Å². The molecule has 4 nitrogen and oxygen atoms in total. The second-order valence-electron chi connectivity index (χ2n) is 5.81. The summed E-state index contributed by atoms with van der Waals surface area (Å²) in [5.74, 6) is 0. The molecule has 0 spiro atoms. The van der Waals surface area contributed by atoms with Crippen molar-refractivity contribution in [2.24, 2.45) is 7.05 Å². The Morgan fingerprint density at radius 3 is 2.89 bits per heavy atom. The van der Waals surface area contributed by atoms with E-state index < -0.39 is 0 Å². The molecule has 2 heterocycles. The highest BCUT2D eigenvalue weighted by Crippen LogP contribution is 2.17. The van der Waals surface area contributed by atoms with Gasteiger partial charge in [-0.1, -0.05) is 6.92 Å². The van der Waals surface area contributed by atoms with Crippen LogP contribution < -0.4 is 5.32 Å². The maximum absolute atomic E-state index is 4.43. The zero-order chi connectivity index (χ0) is 13.2. The highest BCUT2D eigenvalue weighted by atomic mass is 15.3. The van der Waals surface area contributed by atoms with Crippen LogP contribution in [0.3, 0.4) is 0 Å². The van der Waals surface area contributed by atoms with Crippen LogP contribution in [0, 0.1) is 6.92 Å². The lowest BCUT2D eigenvalue weighted by Crippen LogP contribution is -2.48. The van der Waals surface area contributed by atoms with E-state index in [4.69, 9.17) is 0 Å². The topological polar surface area (TPSA) is 33.1 Å². The van der Waals surface area contributed by atoms with Gasteiger partial charge in [-0.15, -0.1) is 0 Å². The van der Waals surface area contributed by atoms with Crippen LogP contribution in [0.5, 0.6) is 0 Å². The molecule has 1 saturated heterocycles. The molecule has 1 atom stereocenters. The van der Waals surface area contributed by atoms with Gasteiger partial charge in [0, 0.05) is 25.7 Å². The average molecular weight is 250 g/mol. The Labute approximate surface area is 110 Å². The number of aromatic nitrogens is 2. The summed E-state index contributed by atoms with van der Waals surface area (Å²) in [6.07, 6.45) is 2.40. The highest BCUT2D eigenvalue weighted by Gasteiger charge is 2.27. The van der Waals surface area contributed by atoms with E-state index >= 15 is 0 Å². The van der Waals surface area contributed by atoms with Crippen molar-refractivity contribution in [2.45, 2.75) is 45.7 Å². The lowest BCUT2D eigenvalue weighted by atomic mass is 9.98. The van der Waals surface area contributed by atoms with Gasteiger partial charge in [0.1, 0.15) is 0 Å². The second-order valence-corrected chi connectivity index (χ2v) is 5.81. The van der Waals surface area contributed by atoms with E-state index in [2.05, 4.69) is 42.2 Å². The van der Waals surface area contributed by atoms with E-state index in [0.29, 0.717) is 0 Å². The normalized spacial score (nSPS) is 26.2. The van der Waals surface area contributed by atoms with Crippen molar-refractivity contribution in [3.8, 4) is 0 Å². The summed E-state index contributed by atoms with van der Waals surface area (Å²) < 4.78 is 2.01. The molecule has 1 unspecified atom stereocenters. The van der Waals surface area contributed by atoms with Gasteiger partial charge in [-0.05, 0) is 45.8 Å². The molecule has 1 aromatic rings. The molecule has 2 rings (SSSR count). The van der Waals surface area contributed by atoms with Gasteiger partial charge >= 0.3 is 0 Å². The van der Waals surface area contributed by atoms with Crippen molar-refractivity contribution in [2.75, 3.05) is 19.6 Å². The van der Waals surface area contributed by atoms with Gasteiger partial charge in [0.25, 0.3) is 0 Å². The number of rotatable bonds is 3. The summed E-state index contributed by atoms with van der Waals surface area (Å²) in [6, 6.07) is 2.20. The molecule has 0 aliphatic carbocycles. The fourth-order valence-corrected chi connectivity index (χ4v) is 2.73. The number of hydrogen-bond donors (Lipinski definition) is 1. The molecule has 0 bridgehead atoms. The zero-order valence-corrected chi connectivity index (χ0v) is 12.2. The smallest absolute Gasteiger partial charge is 0.0597 e. The van der Waals surface area contributed by atoms with E-state index in [1.165, 1.54) is 25.1 Å². The quantitative estimate of drug-likeness (QED) is 0.886. The van der Waals surface area contributed by atoms with E-state index in [1.54, 1.807) is 0 Å². The first-order chi connectivity index (χ1) is 8.52. The third kappa shape index (κ3) is 3.12. The van der Waals surface area contributed by atoms with Crippen LogP contribution in [0.15, 0.2) is 6.07 Å². The maximum Gasteiger partial charge on any atom is 0.0597 e. The first-order valence-electron chi connectivity index (χ1n) is 6.99. The van der Waals surface area contributed by atoms with Crippen molar-refractivity contribution in [1.82, 2.24) is 20.0 Å². The van der Waals surface area contributed by atoms with Gasteiger partial charge in [-0.2, -0.15) is 5.10 Å². The molecule has 1 N–H and O–H groups in total. The largest absolute Gasteiger partial charge is 0.310 e. The van der Waals surface area contributed by atoms with Crippen molar-refractivity contribution >= 4 is 0 Å². The molecule has 0 radical (unpaired) electrons. The van der Waals surface area contributed by atoms with Crippen LogP contribution in [0.25, 0.3) is 0 Å². The van der Waals surface area contributed by atoms with E-state index in [0.717, 1.165) is 25.3 Å². The Morgan fingerprint density at radius 2 is 2.28 bits per heavy atom. The Hall–Kier alpha value is -0.870. The van der Waals surface area contributed by atoms with Crippen LogP contribution in [0.1, 0.15) is 38.1 Å². The summed E-state index contributed by atoms with van der Waals surface area (Å²) in [7, 11) is 2.04. The van der Waals surface area contributed by atoms with Gasteiger partial charge in [0.2, 0.25) is 0 Å². The third-order valence-electron chi connectivity index (χ3n) is 4.04. The minimum absolute atomic E-state index is 0.254. The van der Waals surface area contributed by atoms with Gasteiger partial charge in [-0.3, -0.25) is 9.58 Å². The second kappa shape index (κ2) is 5.41. The van der Waals surface area contributed by atoms with E-state index in [9.17, 15) is 0 Å². The molecule has 1 fully saturated rings. The van der Waals surface area contributed by atoms with Crippen LogP contribution in [-0.2, 0) is 13.6 Å². The molecule has 1 aromatic heterocycles. The predicted molar refractivity (Wildman–Crippen MR) is 74.5 cm³/mol. The summed E-state index contributed by atoms with van der Waals surface area (Å²) in [5, 5.41) is 8.11. The van der Waals surface area contributed by atoms with Crippen LogP contribution in [0.2, 0.25) is 0 Å². The summed E-state index contributed by atoms with van der Waals surface area (Å²) in [4.78, 5) is 2.56. The van der Waals surface area contributed by atoms with Crippen molar-refractivity contribution < 1.29 is 0 Å². The molecule has 0 saturated carbocycles. The molecule has 4 heteroatoms. The lowest BCUT2D eigenvalue weighted by Gasteiger charge is -2.32. The maximum atomic E-state index is 4.43. The standard InChI is InChI=1S/C14H26N4/c1-5-14(3)11-18(8-6-7-15-14)10-13-9-12(2)16-17(13)4/h9,15H,5-8,10-11H2,1-4H3. The SMILES string of the molecule is CCC1(C)CN(Cc2cc(C)nn2C)CCCN1. The molecule has 0 aromatic carbocycles. The Balaban J connectivity index is 2.06. The summed E-state index contributed by atoms with van der Waals surface area (Å²) in [5.41, 5.74) is 2.68. The molecule has 102 valence electrons. The summed E-state index contributed by atoms with van der Waals surface area (Å²) in [6.45, 7) is 11.1. The Bertz CT molecular complexity index is 398. The molecule has 0 amide bonds. The van der Waals surface area contributed by atoms with E-state index in [-0.39, 0.29) is 5.54 Å². The van der Waals surface area contributed by atoms with Crippen molar-refractivity contribution in [1.29, 1.82) is 0 Å². The molecule has 18 heavy (non-hydrogen) atoms. The minimum atomic E-state index is 0.254. The number of aryl methyl sites for hydroxylation is 2. The first kappa shape index (κ1) is 13.6. The number of nitrogens with one attached hydrogen (secondary N) is 1. The highest BCUT2D eigenvalue weighted by molar-refractivity contribution is 5.08. The monoisotopic (exact) mass is 250 g/mol. The molecular weight excluding hydrogens is 224 g/mol. The van der Waals surface area contributed by atoms with Crippen LogP contribution in [-0.4, -0.2) is 39.9 Å². The van der Waals surface area contributed by atoms with Crippen LogP contribution in [0.4, 0.5) is 0 Å². The van der Waals surface area contributed by atoms with Gasteiger partial charge in [-0.25, -0.2) is 0 Å².